The number of hydrogen-bond acceptors (Lipinski definition) is 5. The van der Waals surface area contributed by atoms with E-state index in [0.29, 0.717) is 0 Å². The van der Waals surface area contributed by atoms with Gasteiger partial charge < -0.3 is 15.1 Å². The zero-order valence-electron chi connectivity index (χ0n) is 14.5. The average Bonchev–Trinajstić information content (AvgIpc) is 2.46. The summed E-state index contributed by atoms with van der Waals surface area (Å²) < 4.78 is 0. The lowest BCUT2D eigenvalue weighted by Crippen LogP contribution is -2.21. The molecule has 0 aromatic carbocycles. The van der Waals surface area contributed by atoms with Crippen LogP contribution in [0.1, 0.15) is 24.1 Å². The van der Waals surface area contributed by atoms with Gasteiger partial charge in [-0.3, -0.25) is 9.98 Å². The number of nitrogens with one attached hydrogen (secondary N) is 1. The van der Waals surface area contributed by atoms with Crippen molar-refractivity contribution < 1.29 is 0 Å². The predicted molar refractivity (Wildman–Crippen MR) is 94.7 cm³/mol. The van der Waals surface area contributed by atoms with Crippen LogP contribution in [-0.2, 0) is 6.54 Å². The minimum absolute atomic E-state index is 0.815. The van der Waals surface area contributed by atoms with E-state index >= 15 is 0 Å². The molecule has 0 unspecified atom stereocenters. The summed E-state index contributed by atoms with van der Waals surface area (Å²) in [7, 11) is 8.38. The fraction of sp³-hybridized carbons (Fsp3) is 0.647. The molecular weight excluding hydrogens is 274 g/mol. The van der Waals surface area contributed by atoms with Crippen LogP contribution < -0.4 is 5.32 Å². The van der Waals surface area contributed by atoms with E-state index in [1.807, 2.05) is 18.5 Å². The number of hydrogen-bond donors (Lipinski definition) is 1. The highest BCUT2D eigenvalue weighted by Crippen LogP contribution is 2.00. The quantitative estimate of drug-likeness (QED) is 0.497. The molecule has 0 saturated heterocycles. The normalized spacial score (nSPS) is 11.9. The summed E-state index contributed by atoms with van der Waals surface area (Å²) in [5.74, 6) is 0. The van der Waals surface area contributed by atoms with Gasteiger partial charge in [0.1, 0.15) is 0 Å². The lowest BCUT2D eigenvalue weighted by atomic mass is 10.2. The second-order valence-corrected chi connectivity index (χ2v) is 6.11. The molecule has 0 bridgehead atoms. The highest BCUT2D eigenvalue weighted by molar-refractivity contribution is 5.79. The van der Waals surface area contributed by atoms with Crippen LogP contribution in [0.15, 0.2) is 23.3 Å². The van der Waals surface area contributed by atoms with Gasteiger partial charge in [-0.05, 0) is 78.4 Å². The van der Waals surface area contributed by atoms with Gasteiger partial charge in [0, 0.05) is 25.5 Å². The van der Waals surface area contributed by atoms with E-state index in [1.54, 1.807) is 0 Å². The average molecular weight is 305 g/mol. The van der Waals surface area contributed by atoms with Crippen LogP contribution in [0.25, 0.3) is 0 Å². The third-order valence-corrected chi connectivity index (χ3v) is 3.24. The number of aromatic nitrogens is 1. The third kappa shape index (κ3) is 9.60. The fourth-order valence-electron chi connectivity index (χ4n) is 2.06. The Morgan fingerprint density at radius 3 is 2.59 bits per heavy atom. The Morgan fingerprint density at radius 1 is 1.14 bits per heavy atom. The molecule has 1 aromatic rings. The van der Waals surface area contributed by atoms with E-state index in [4.69, 9.17) is 0 Å². The molecule has 5 heteroatoms. The van der Waals surface area contributed by atoms with Crippen molar-refractivity contribution in [1.82, 2.24) is 20.1 Å². The summed E-state index contributed by atoms with van der Waals surface area (Å²) in [6, 6.07) is 4.11. The maximum atomic E-state index is 4.48. The smallest absolute Gasteiger partial charge is 0.0548 e. The second-order valence-electron chi connectivity index (χ2n) is 6.11. The molecule has 1 heterocycles. The van der Waals surface area contributed by atoms with Gasteiger partial charge in [-0.2, -0.15) is 0 Å². The summed E-state index contributed by atoms with van der Waals surface area (Å²) in [4.78, 5) is 13.3. The van der Waals surface area contributed by atoms with E-state index in [-0.39, 0.29) is 0 Å². The standard InChI is InChI=1S/C17H31N5/c1-21(2)11-5-8-18-14-16-7-10-20-17(13-16)15-19-9-6-12-22(3)4/h7,10,13-14,19H,5-6,8-9,11-12,15H2,1-4H3/b18-14+. The predicted octanol–water partition coefficient (Wildman–Crippen LogP) is 1.49. The van der Waals surface area contributed by atoms with Crippen LogP contribution in [0.2, 0.25) is 0 Å². The molecule has 1 rings (SSSR count). The lowest BCUT2D eigenvalue weighted by molar-refractivity contribution is 0.394. The maximum Gasteiger partial charge on any atom is 0.0548 e. The van der Waals surface area contributed by atoms with Gasteiger partial charge >= 0.3 is 0 Å². The minimum Gasteiger partial charge on any atom is -0.311 e. The molecule has 0 spiro atoms. The van der Waals surface area contributed by atoms with Crippen molar-refractivity contribution in [3.63, 3.8) is 0 Å². The van der Waals surface area contributed by atoms with Crippen LogP contribution in [0.5, 0.6) is 0 Å². The Kier molecular flexibility index (Phi) is 9.62. The van der Waals surface area contributed by atoms with Crippen molar-refractivity contribution >= 4 is 6.21 Å². The Labute approximate surface area is 135 Å². The zero-order chi connectivity index (χ0) is 16.2. The highest BCUT2D eigenvalue weighted by atomic mass is 15.1. The van der Waals surface area contributed by atoms with E-state index < -0.39 is 0 Å². The number of aliphatic imine (C=N–C) groups is 1. The van der Waals surface area contributed by atoms with Crippen molar-refractivity contribution in [1.29, 1.82) is 0 Å². The minimum atomic E-state index is 0.815. The highest BCUT2D eigenvalue weighted by Gasteiger charge is 1.97. The molecule has 1 N–H and O–H groups in total. The molecule has 0 atom stereocenters. The van der Waals surface area contributed by atoms with Crippen molar-refractivity contribution in [2.75, 3.05) is 54.4 Å². The summed E-state index contributed by atoms with van der Waals surface area (Å²) in [5, 5.41) is 3.43. The van der Waals surface area contributed by atoms with Gasteiger partial charge in [-0.1, -0.05) is 0 Å². The first-order chi connectivity index (χ1) is 10.6. The van der Waals surface area contributed by atoms with E-state index in [0.717, 1.165) is 56.8 Å². The van der Waals surface area contributed by atoms with E-state index in [9.17, 15) is 0 Å². The first-order valence-electron chi connectivity index (χ1n) is 8.03. The van der Waals surface area contributed by atoms with Gasteiger partial charge in [0.15, 0.2) is 0 Å². The molecule has 0 fully saturated rings. The first-order valence-corrected chi connectivity index (χ1v) is 8.03. The molecule has 22 heavy (non-hydrogen) atoms. The van der Waals surface area contributed by atoms with E-state index in [2.05, 4.69) is 59.4 Å². The third-order valence-electron chi connectivity index (χ3n) is 3.24. The van der Waals surface area contributed by atoms with Crippen LogP contribution in [0, 0.1) is 0 Å². The van der Waals surface area contributed by atoms with Crippen LogP contribution >= 0.6 is 0 Å². The monoisotopic (exact) mass is 305 g/mol. The summed E-state index contributed by atoms with van der Waals surface area (Å²) in [6.45, 7) is 4.90. The Bertz CT molecular complexity index is 429. The van der Waals surface area contributed by atoms with Crippen LogP contribution in [0.4, 0.5) is 0 Å². The molecule has 0 aliphatic rings. The fourth-order valence-corrected chi connectivity index (χ4v) is 2.06. The molecular formula is C17H31N5. The van der Waals surface area contributed by atoms with Gasteiger partial charge in [0.05, 0.1) is 5.69 Å². The zero-order valence-corrected chi connectivity index (χ0v) is 14.5. The van der Waals surface area contributed by atoms with Crippen molar-refractivity contribution in [3.8, 4) is 0 Å². The number of nitrogens with zero attached hydrogens (tertiary/aromatic N) is 4. The summed E-state index contributed by atoms with van der Waals surface area (Å²) in [6.07, 6.45) is 6.06. The summed E-state index contributed by atoms with van der Waals surface area (Å²) >= 11 is 0. The second kappa shape index (κ2) is 11.3. The molecule has 0 amide bonds. The Balaban J connectivity index is 2.28. The molecule has 0 saturated carbocycles. The molecule has 0 radical (unpaired) electrons. The van der Waals surface area contributed by atoms with Crippen LogP contribution in [-0.4, -0.2) is 75.4 Å². The molecule has 124 valence electrons. The molecule has 0 aliphatic heterocycles. The lowest BCUT2D eigenvalue weighted by Gasteiger charge is -2.09. The first kappa shape index (κ1) is 18.7. The van der Waals surface area contributed by atoms with Gasteiger partial charge in [0.2, 0.25) is 0 Å². The van der Waals surface area contributed by atoms with Crippen molar-refractivity contribution in [2.24, 2.45) is 4.99 Å². The molecule has 0 aliphatic carbocycles. The van der Waals surface area contributed by atoms with E-state index in [1.165, 1.54) is 0 Å². The largest absolute Gasteiger partial charge is 0.311 e. The Morgan fingerprint density at radius 2 is 1.86 bits per heavy atom. The van der Waals surface area contributed by atoms with Crippen molar-refractivity contribution in [2.45, 2.75) is 19.4 Å². The van der Waals surface area contributed by atoms with Gasteiger partial charge in [0.25, 0.3) is 0 Å². The summed E-state index contributed by atoms with van der Waals surface area (Å²) in [5.41, 5.74) is 2.20. The molecule has 5 nitrogen and oxygen atoms in total. The van der Waals surface area contributed by atoms with Crippen molar-refractivity contribution in [3.05, 3.63) is 29.6 Å². The Hall–Kier alpha value is -1.30. The van der Waals surface area contributed by atoms with Crippen LogP contribution in [0.3, 0.4) is 0 Å². The topological polar surface area (TPSA) is 43.8 Å². The van der Waals surface area contributed by atoms with Gasteiger partial charge in [-0.25, -0.2) is 0 Å². The van der Waals surface area contributed by atoms with Gasteiger partial charge in [-0.15, -0.1) is 0 Å². The maximum absolute atomic E-state index is 4.48. The SMILES string of the molecule is CN(C)CCC/N=C/c1ccnc(CNCCCN(C)C)c1. The number of rotatable bonds is 11. The number of pyridine rings is 1. The molecule has 1 aromatic heterocycles.